The van der Waals surface area contributed by atoms with E-state index < -0.39 is 0 Å². The Morgan fingerprint density at radius 3 is 2.88 bits per heavy atom. The molecule has 0 bridgehead atoms. The molecule has 0 aliphatic carbocycles. The van der Waals surface area contributed by atoms with Gasteiger partial charge in [0.25, 0.3) is 0 Å². The molecule has 0 radical (unpaired) electrons. The number of esters is 1. The molecule has 0 spiro atoms. The fraction of sp³-hybridized carbons (Fsp3) is 0.650. The number of hydrogen-bond donors (Lipinski definition) is 0. The molecule has 25 heavy (non-hydrogen) atoms. The van der Waals surface area contributed by atoms with Gasteiger partial charge in [-0.25, -0.2) is 4.79 Å². The number of methoxy groups -OCH3 is 1. The van der Waals surface area contributed by atoms with Gasteiger partial charge in [0.1, 0.15) is 0 Å². The molecule has 2 saturated heterocycles. The number of ether oxygens (including phenoxy) is 2. The van der Waals surface area contributed by atoms with E-state index in [1.165, 1.54) is 38.4 Å². The maximum absolute atomic E-state index is 11.7. The first-order valence-electron chi connectivity index (χ1n) is 9.47. The van der Waals surface area contributed by atoms with Crippen molar-refractivity contribution < 1.29 is 14.3 Å². The first-order valence-corrected chi connectivity index (χ1v) is 9.47. The molecule has 1 aromatic carbocycles. The van der Waals surface area contributed by atoms with Crippen LogP contribution in [0.4, 0.5) is 0 Å². The van der Waals surface area contributed by atoms with Crippen molar-refractivity contribution in [2.75, 3.05) is 46.5 Å². The van der Waals surface area contributed by atoms with E-state index in [2.05, 4.69) is 15.9 Å². The molecule has 5 heteroatoms. The zero-order valence-corrected chi connectivity index (χ0v) is 15.3. The van der Waals surface area contributed by atoms with Crippen molar-refractivity contribution in [1.82, 2.24) is 9.80 Å². The highest BCUT2D eigenvalue weighted by Gasteiger charge is 2.23. The van der Waals surface area contributed by atoms with E-state index in [0.717, 1.165) is 45.9 Å². The number of carbonyl (C=O) groups excluding carboxylic acids is 1. The quantitative estimate of drug-likeness (QED) is 0.741. The molecule has 2 fully saturated rings. The van der Waals surface area contributed by atoms with Crippen molar-refractivity contribution in [3.8, 4) is 0 Å². The second-order valence-electron chi connectivity index (χ2n) is 7.05. The van der Waals surface area contributed by atoms with Crippen LogP contribution in [0, 0.1) is 0 Å². The second kappa shape index (κ2) is 9.32. The predicted molar refractivity (Wildman–Crippen MR) is 97.7 cm³/mol. The molecule has 1 aromatic rings. The SMILES string of the molecule is COC(=O)c1cccc(CN2CCCC[C@@H]2CCN2CCOCC2)c1. The zero-order valence-electron chi connectivity index (χ0n) is 15.3. The van der Waals surface area contributed by atoms with E-state index in [9.17, 15) is 4.79 Å². The molecule has 138 valence electrons. The molecule has 5 nitrogen and oxygen atoms in total. The second-order valence-corrected chi connectivity index (χ2v) is 7.05. The summed E-state index contributed by atoms with van der Waals surface area (Å²) in [6, 6.07) is 8.49. The summed E-state index contributed by atoms with van der Waals surface area (Å²) in [7, 11) is 1.43. The van der Waals surface area contributed by atoms with Crippen LogP contribution in [0.2, 0.25) is 0 Å². The van der Waals surface area contributed by atoms with E-state index in [1.807, 2.05) is 18.2 Å². The van der Waals surface area contributed by atoms with Crippen LogP contribution in [-0.4, -0.2) is 68.3 Å². The molecular weight excluding hydrogens is 316 g/mol. The third-order valence-electron chi connectivity index (χ3n) is 5.37. The van der Waals surface area contributed by atoms with Crippen LogP contribution in [0.25, 0.3) is 0 Å². The smallest absolute Gasteiger partial charge is 0.337 e. The van der Waals surface area contributed by atoms with Crippen LogP contribution in [0.5, 0.6) is 0 Å². The van der Waals surface area contributed by atoms with Crippen LogP contribution in [0.3, 0.4) is 0 Å². The predicted octanol–water partition coefficient (Wildman–Crippen LogP) is 2.55. The monoisotopic (exact) mass is 346 g/mol. The Kier molecular flexibility index (Phi) is 6.84. The van der Waals surface area contributed by atoms with Crippen LogP contribution in [0.15, 0.2) is 24.3 Å². The number of carbonyl (C=O) groups is 1. The summed E-state index contributed by atoms with van der Waals surface area (Å²) in [5, 5.41) is 0. The summed E-state index contributed by atoms with van der Waals surface area (Å²) in [6.45, 7) is 7.09. The van der Waals surface area contributed by atoms with Gasteiger partial charge in [0.05, 0.1) is 25.9 Å². The first kappa shape index (κ1) is 18.4. The van der Waals surface area contributed by atoms with E-state index in [4.69, 9.17) is 9.47 Å². The van der Waals surface area contributed by atoms with Gasteiger partial charge in [0.15, 0.2) is 0 Å². The van der Waals surface area contributed by atoms with E-state index in [1.54, 1.807) is 0 Å². The molecule has 0 N–H and O–H groups in total. The number of rotatable bonds is 6. The summed E-state index contributed by atoms with van der Waals surface area (Å²) < 4.78 is 10.3. The summed E-state index contributed by atoms with van der Waals surface area (Å²) >= 11 is 0. The van der Waals surface area contributed by atoms with E-state index in [-0.39, 0.29) is 5.97 Å². The molecule has 3 rings (SSSR count). The molecule has 0 amide bonds. The van der Waals surface area contributed by atoms with Gasteiger partial charge in [-0.2, -0.15) is 0 Å². The topological polar surface area (TPSA) is 42.0 Å². The average molecular weight is 346 g/mol. The molecule has 0 aromatic heterocycles. The highest BCUT2D eigenvalue weighted by molar-refractivity contribution is 5.89. The Bertz CT molecular complexity index is 558. The molecular formula is C20H30N2O3. The van der Waals surface area contributed by atoms with Gasteiger partial charge in [0, 0.05) is 25.7 Å². The standard InChI is InChI=1S/C20H30N2O3/c1-24-20(23)18-6-4-5-17(15-18)16-22-9-3-2-7-19(22)8-10-21-11-13-25-14-12-21/h4-6,15,19H,2-3,7-14,16H2,1H3/t19-/m1/s1. The number of likely N-dealkylation sites (tertiary alicyclic amines) is 1. The highest BCUT2D eigenvalue weighted by atomic mass is 16.5. The minimum atomic E-state index is -0.260. The normalized spacial score (nSPS) is 22.7. The largest absolute Gasteiger partial charge is 0.465 e. The van der Waals surface area contributed by atoms with Crippen molar-refractivity contribution in [2.24, 2.45) is 0 Å². The Hall–Kier alpha value is -1.43. The first-order chi connectivity index (χ1) is 12.3. The fourth-order valence-electron chi connectivity index (χ4n) is 3.90. The average Bonchev–Trinajstić information content (AvgIpc) is 2.68. The van der Waals surface area contributed by atoms with E-state index >= 15 is 0 Å². The van der Waals surface area contributed by atoms with Gasteiger partial charge in [-0.05, 0) is 50.0 Å². The van der Waals surface area contributed by atoms with Crippen molar-refractivity contribution in [3.63, 3.8) is 0 Å². The summed E-state index contributed by atoms with van der Waals surface area (Å²) in [5.41, 5.74) is 1.84. The van der Waals surface area contributed by atoms with Crippen molar-refractivity contribution in [2.45, 2.75) is 38.3 Å². The van der Waals surface area contributed by atoms with Gasteiger partial charge < -0.3 is 9.47 Å². The minimum Gasteiger partial charge on any atom is -0.465 e. The Morgan fingerprint density at radius 1 is 1.24 bits per heavy atom. The van der Waals surface area contributed by atoms with Crippen LogP contribution in [0.1, 0.15) is 41.6 Å². The molecule has 2 heterocycles. The Morgan fingerprint density at radius 2 is 2.08 bits per heavy atom. The number of nitrogens with zero attached hydrogens (tertiary/aromatic N) is 2. The summed E-state index contributed by atoms with van der Waals surface area (Å²) in [5.74, 6) is -0.260. The fourth-order valence-corrected chi connectivity index (χ4v) is 3.90. The molecule has 0 saturated carbocycles. The number of piperidine rings is 1. The molecule has 2 aliphatic heterocycles. The van der Waals surface area contributed by atoms with Gasteiger partial charge in [-0.15, -0.1) is 0 Å². The van der Waals surface area contributed by atoms with Crippen molar-refractivity contribution in [1.29, 1.82) is 0 Å². The molecule has 2 aliphatic rings. The number of benzene rings is 1. The van der Waals surface area contributed by atoms with Gasteiger partial charge >= 0.3 is 5.97 Å². The van der Waals surface area contributed by atoms with Crippen molar-refractivity contribution in [3.05, 3.63) is 35.4 Å². The lowest BCUT2D eigenvalue weighted by molar-refractivity contribution is 0.0302. The van der Waals surface area contributed by atoms with Crippen LogP contribution < -0.4 is 0 Å². The van der Waals surface area contributed by atoms with Gasteiger partial charge in [-0.1, -0.05) is 18.6 Å². The van der Waals surface area contributed by atoms with E-state index in [0.29, 0.717) is 11.6 Å². The lowest BCUT2D eigenvalue weighted by Crippen LogP contribution is -2.43. The third-order valence-corrected chi connectivity index (χ3v) is 5.37. The summed E-state index contributed by atoms with van der Waals surface area (Å²) in [4.78, 5) is 16.9. The maximum atomic E-state index is 11.7. The van der Waals surface area contributed by atoms with Crippen molar-refractivity contribution >= 4 is 5.97 Å². The minimum absolute atomic E-state index is 0.260. The third kappa shape index (κ3) is 5.27. The maximum Gasteiger partial charge on any atom is 0.337 e. The van der Waals surface area contributed by atoms with Gasteiger partial charge in [0.2, 0.25) is 0 Å². The van der Waals surface area contributed by atoms with Crippen LogP contribution >= 0.6 is 0 Å². The lowest BCUT2D eigenvalue weighted by atomic mass is 9.98. The number of hydrogen-bond acceptors (Lipinski definition) is 5. The lowest BCUT2D eigenvalue weighted by Gasteiger charge is -2.37. The molecule has 0 unspecified atom stereocenters. The molecule has 1 atom stereocenters. The highest BCUT2D eigenvalue weighted by Crippen LogP contribution is 2.23. The van der Waals surface area contributed by atoms with Gasteiger partial charge in [-0.3, -0.25) is 9.80 Å². The Balaban J connectivity index is 1.58. The number of morpholine rings is 1. The zero-order chi connectivity index (χ0) is 17.5. The van der Waals surface area contributed by atoms with Crippen LogP contribution in [-0.2, 0) is 16.0 Å². The Labute approximate surface area is 150 Å². The summed E-state index contributed by atoms with van der Waals surface area (Å²) in [6.07, 6.45) is 5.09.